The zero-order valence-electron chi connectivity index (χ0n) is 24.6. The minimum atomic E-state index is -0.907. The van der Waals surface area contributed by atoms with Crippen LogP contribution in [0.4, 0.5) is 19.7 Å². The van der Waals surface area contributed by atoms with Gasteiger partial charge in [-0.2, -0.15) is 14.9 Å². The number of nitriles is 1. The van der Waals surface area contributed by atoms with Crippen molar-refractivity contribution in [3.8, 4) is 17.3 Å². The number of carbonyl (C=O) groups is 1. The molecule has 2 atom stereocenters. The maximum Gasteiger partial charge on any atom is 0.237 e. The molecule has 3 aromatic heterocycles. The van der Waals surface area contributed by atoms with Gasteiger partial charge in [0.05, 0.1) is 37.4 Å². The number of allylic oxidation sites excluding steroid dienone is 1. The van der Waals surface area contributed by atoms with Gasteiger partial charge < -0.3 is 14.7 Å². The van der Waals surface area contributed by atoms with Crippen molar-refractivity contribution >= 4 is 44.5 Å². The minimum absolute atomic E-state index is 0.0357. The second-order valence-electron chi connectivity index (χ2n) is 11.4. The lowest BCUT2D eigenvalue weighted by Gasteiger charge is -2.37. The van der Waals surface area contributed by atoms with Crippen LogP contribution in [-0.4, -0.2) is 92.8 Å². The molecule has 2 saturated heterocycles. The van der Waals surface area contributed by atoms with Crippen LogP contribution in [0.25, 0.3) is 16.2 Å². The van der Waals surface area contributed by atoms with Gasteiger partial charge in [0.15, 0.2) is 10.9 Å². The Labute approximate surface area is 261 Å². The van der Waals surface area contributed by atoms with Crippen LogP contribution in [-0.2, 0) is 11.2 Å². The van der Waals surface area contributed by atoms with E-state index in [0.29, 0.717) is 27.7 Å². The molecular formula is C30H31F2N9OS2. The lowest BCUT2D eigenvalue weighted by Crippen LogP contribution is -2.55. The fourth-order valence-electron chi connectivity index (χ4n) is 6.34. The Balaban J connectivity index is 1.17. The van der Waals surface area contributed by atoms with Gasteiger partial charge in [0, 0.05) is 24.9 Å². The molecule has 0 N–H and O–H groups in total. The topological polar surface area (TPSA) is 96.9 Å². The van der Waals surface area contributed by atoms with E-state index in [1.54, 1.807) is 28.4 Å². The van der Waals surface area contributed by atoms with Crippen molar-refractivity contribution in [2.75, 3.05) is 45.2 Å². The van der Waals surface area contributed by atoms with Crippen molar-refractivity contribution in [2.24, 2.45) is 0 Å². The standard InChI is InChI=1S/C30H31F2N9OS2/c1-4-21-28(38(3)29-35-26(23(13-33)43-29)17-7-9-18(31)10-8-17)41-30(34-21)44-27(36-41)20-12-24(40-11-5-6-22(20)40)37(2)16-25(42)39-14-19(32)15-39/h6-10,19-20,24H,4-5,11-12,14-16H2,1-3H3/t20-,24?/m0/s1. The smallest absolute Gasteiger partial charge is 0.237 e. The Hall–Kier alpha value is -3.93. The van der Waals surface area contributed by atoms with Gasteiger partial charge in [0.2, 0.25) is 10.9 Å². The largest absolute Gasteiger partial charge is 0.358 e. The van der Waals surface area contributed by atoms with Gasteiger partial charge in [0.25, 0.3) is 0 Å². The van der Waals surface area contributed by atoms with Crippen LogP contribution in [0.3, 0.4) is 0 Å². The van der Waals surface area contributed by atoms with Gasteiger partial charge >= 0.3 is 0 Å². The molecule has 4 aromatic rings. The number of hydrogen-bond donors (Lipinski definition) is 0. The van der Waals surface area contributed by atoms with Crippen LogP contribution in [0.2, 0.25) is 0 Å². The monoisotopic (exact) mass is 635 g/mol. The third-order valence-electron chi connectivity index (χ3n) is 8.64. The summed E-state index contributed by atoms with van der Waals surface area (Å²) in [5.41, 5.74) is 3.30. The maximum absolute atomic E-state index is 13.5. The minimum Gasteiger partial charge on any atom is -0.358 e. The highest BCUT2D eigenvalue weighted by Gasteiger charge is 2.43. The number of anilines is 2. The fourth-order valence-corrected chi connectivity index (χ4v) is 8.23. The average Bonchev–Trinajstić information content (AvgIpc) is 3.80. The summed E-state index contributed by atoms with van der Waals surface area (Å²) < 4.78 is 28.7. The van der Waals surface area contributed by atoms with Crippen LogP contribution in [0.1, 0.15) is 41.3 Å². The molecular weight excluding hydrogens is 605 g/mol. The van der Waals surface area contributed by atoms with Crippen LogP contribution in [0.5, 0.6) is 0 Å². The molecule has 7 rings (SSSR count). The molecule has 3 aliphatic rings. The molecule has 228 valence electrons. The second-order valence-corrected chi connectivity index (χ2v) is 13.4. The summed E-state index contributed by atoms with van der Waals surface area (Å²) >= 11 is 2.84. The van der Waals surface area contributed by atoms with Crippen molar-refractivity contribution < 1.29 is 13.6 Å². The predicted octanol–water partition coefficient (Wildman–Crippen LogP) is 4.77. The molecule has 0 aliphatic carbocycles. The molecule has 1 aromatic carbocycles. The Bertz CT molecular complexity index is 1800. The molecule has 0 spiro atoms. The molecule has 3 aliphatic heterocycles. The van der Waals surface area contributed by atoms with Crippen molar-refractivity contribution in [1.82, 2.24) is 34.3 Å². The van der Waals surface area contributed by atoms with E-state index in [1.807, 2.05) is 30.4 Å². The lowest BCUT2D eigenvalue weighted by molar-refractivity contribution is -0.140. The number of hydrogen-bond acceptors (Lipinski definition) is 10. The third-order valence-corrected chi connectivity index (χ3v) is 10.7. The predicted molar refractivity (Wildman–Crippen MR) is 165 cm³/mol. The molecule has 0 bridgehead atoms. The number of carbonyl (C=O) groups excluding carboxylic acids is 1. The molecule has 6 heterocycles. The summed E-state index contributed by atoms with van der Waals surface area (Å²) in [5, 5.41) is 16.5. The van der Waals surface area contributed by atoms with Crippen LogP contribution in [0, 0.1) is 17.1 Å². The first-order valence-corrected chi connectivity index (χ1v) is 16.3. The third kappa shape index (κ3) is 4.83. The highest BCUT2D eigenvalue weighted by atomic mass is 32.1. The number of halogens is 2. The number of alkyl halides is 1. The van der Waals surface area contributed by atoms with Gasteiger partial charge in [-0.05, 0) is 50.6 Å². The summed E-state index contributed by atoms with van der Waals surface area (Å²) in [6, 6.07) is 8.23. The molecule has 44 heavy (non-hydrogen) atoms. The maximum atomic E-state index is 13.5. The number of aromatic nitrogens is 4. The van der Waals surface area contributed by atoms with E-state index < -0.39 is 6.17 Å². The Morgan fingerprint density at radius 1 is 1.18 bits per heavy atom. The zero-order chi connectivity index (χ0) is 30.7. The first-order valence-electron chi connectivity index (χ1n) is 14.6. The van der Waals surface area contributed by atoms with Crippen molar-refractivity contribution in [1.29, 1.82) is 5.26 Å². The summed E-state index contributed by atoms with van der Waals surface area (Å²) in [6.07, 6.45) is 3.84. The average molecular weight is 636 g/mol. The summed E-state index contributed by atoms with van der Waals surface area (Å²) in [4.78, 5) is 31.6. The van der Waals surface area contributed by atoms with Gasteiger partial charge in [-0.3, -0.25) is 9.69 Å². The molecule has 10 nitrogen and oxygen atoms in total. The number of thiazole rings is 1. The number of fused-ring (bicyclic) bond motifs is 2. The van der Waals surface area contributed by atoms with Gasteiger partial charge in [0.1, 0.15) is 33.6 Å². The van der Waals surface area contributed by atoms with Crippen molar-refractivity contribution in [2.45, 2.75) is 44.4 Å². The van der Waals surface area contributed by atoms with Crippen LogP contribution < -0.4 is 4.90 Å². The Kier molecular flexibility index (Phi) is 7.34. The number of likely N-dealkylation sites (tertiary alicyclic amines) is 1. The van der Waals surface area contributed by atoms with Crippen LogP contribution in [0.15, 0.2) is 36.0 Å². The second kappa shape index (κ2) is 11.2. The number of amides is 1. The van der Waals surface area contributed by atoms with E-state index in [9.17, 15) is 18.8 Å². The van der Waals surface area contributed by atoms with Gasteiger partial charge in [-0.1, -0.05) is 35.7 Å². The fraction of sp³-hybridized carbons (Fsp3) is 0.433. The molecule has 0 radical (unpaired) electrons. The SMILES string of the molecule is CCc1nc2sc([C@H]3CC(N(C)CC(=O)N4CC(F)C4)N4CCC=C34)nn2c1N(C)c1nc(-c2ccc(F)cc2)c(C#N)s1. The molecule has 1 amide bonds. The van der Waals surface area contributed by atoms with E-state index in [1.165, 1.54) is 29.2 Å². The highest BCUT2D eigenvalue weighted by molar-refractivity contribution is 7.17. The number of nitrogens with zero attached hydrogens (tertiary/aromatic N) is 9. The highest BCUT2D eigenvalue weighted by Crippen LogP contribution is 2.46. The zero-order valence-corrected chi connectivity index (χ0v) is 26.2. The van der Waals surface area contributed by atoms with E-state index in [4.69, 9.17) is 15.1 Å². The van der Waals surface area contributed by atoms with E-state index in [0.717, 1.165) is 40.9 Å². The quantitative estimate of drug-likeness (QED) is 0.273. The number of likely N-dealkylation sites (N-methyl/N-ethyl adjacent to an activating group) is 1. The van der Waals surface area contributed by atoms with E-state index in [2.05, 4.69) is 21.9 Å². The normalized spacial score (nSPS) is 19.9. The molecule has 0 saturated carbocycles. The molecule has 1 unspecified atom stereocenters. The first-order chi connectivity index (χ1) is 21.2. The van der Waals surface area contributed by atoms with E-state index >= 15 is 0 Å². The number of aryl methyl sites for hydroxylation is 1. The summed E-state index contributed by atoms with van der Waals surface area (Å²) in [6.45, 7) is 3.57. The number of benzene rings is 1. The molecule has 2 fully saturated rings. The number of rotatable bonds is 8. The van der Waals surface area contributed by atoms with Gasteiger partial charge in [-0.15, -0.1) is 0 Å². The Morgan fingerprint density at radius 3 is 2.66 bits per heavy atom. The van der Waals surface area contributed by atoms with Crippen LogP contribution >= 0.6 is 22.7 Å². The summed E-state index contributed by atoms with van der Waals surface area (Å²) in [7, 11) is 3.87. The van der Waals surface area contributed by atoms with E-state index in [-0.39, 0.29) is 43.4 Å². The number of imidazole rings is 1. The van der Waals surface area contributed by atoms with Crippen molar-refractivity contribution in [3.63, 3.8) is 0 Å². The summed E-state index contributed by atoms with van der Waals surface area (Å²) in [5.74, 6) is 0.487. The van der Waals surface area contributed by atoms with Crippen molar-refractivity contribution in [3.05, 3.63) is 57.4 Å². The molecule has 14 heteroatoms. The first kappa shape index (κ1) is 28.8. The lowest BCUT2D eigenvalue weighted by atomic mass is 10.1. The van der Waals surface area contributed by atoms with Gasteiger partial charge in [-0.25, -0.2) is 18.7 Å². The Morgan fingerprint density at radius 2 is 1.95 bits per heavy atom.